The average molecular weight is 342 g/mol. The zero-order valence-corrected chi connectivity index (χ0v) is 14.4. The second-order valence-corrected chi connectivity index (χ2v) is 6.30. The minimum atomic E-state index is -0.346. The summed E-state index contributed by atoms with van der Waals surface area (Å²) in [6.45, 7) is 3.17. The van der Waals surface area contributed by atoms with E-state index in [1.54, 1.807) is 25.7 Å². The number of rotatable bonds is 8. The normalized spacial score (nSPS) is 11.5. The quantitative estimate of drug-likeness (QED) is 0.715. The number of thiophene rings is 1. The first-order valence-corrected chi connectivity index (χ1v) is 8.22. The highest BCUT2D eigenvalue weighted by Crippen LogP contribution is 2.27. The van der Waals surface area contributed by atoms with Crippen molar-refractivity contribution < 1.29 is 14.6 Å². The first-order valence-electron chi connectivity index (χ1n) is 7.41. The standard InChI is InChI=1S/C15H22N2O5S/c1-10-11(9-18)23-14-12(10)13(19)16(5-4-7-21-2)15(20)17(14)6-8-22-3/h18H,4-9H2,1-3H3. The predicted molar refractivity (Wildman–Crippen MR) is 89.4 cm³/mol. The minimum absolute atomic E-state index is 0.146. The molecular weight excluding hydrogens is 320 g/mol. The summed E-state index contributed by atoms with van der Waals surface area (Å²) in [7, 11) is 3.15. The van der Waals surface area contributed by atoms with Crippen molar-refractivity contribution in [3.05, 3.63) is 31.3 Å². The van der Waals surface area contributed by atoms with E-state index in [0.717, 1.165) is 5.56 Å². The number of nitrogens with zero attached hydrogens (tertiary/aromatic N) is 2. The van der Waals surface area contributed by atoms with E-state index in [1.165, 1.54) is 15.9 Å². The number of fused-ring (bicyclic) bond motifs is 1. The van der Waals surface area contributed by atoms with E-state index in [0.29, 0.717) is 47.8 Å². The number of aliphatic hydroxyl groups is 1. The van der Waals surface area contributed by atoms with Crippen LogP contribution in [0.25, 0.3) is 10.2 Å². The maximum atomic E-state index is 12.7. The molecule has 2 heterocycles. The third-order valence-electron chi connectivity index (χ3n) is 3.79. The molecule has 0 saturated carbocycles. The van der Waals surface area contributed by atoms with Crippen LogP contribution in [0, 0.1) is 6.92 Å². The van der Waals surface area contributed by atoms with Gasteiger partial charge in [-0.2, -0.15) is 0 Å². The number of methoxy groups -OCH3 is 2. The first-order chi connectivity index (χ1) is 11.1. The van der Waals surface area contributed by atoms with Crippen molar-refractivity contribution in [2.75, 3.05) is 27.4 Å². The van der Waals surface area contributed by atoms with Gasteiger partial charge in [-0.1, -0.05) is 0 Å². The Morgan fingerprint density at radius 3 is 2.39 bits per heavy atom. The number of ether oxygens (including phenoxy) is 2. The molecule has 7 nitrogen and oxygen atoms in total. The molecule has 8 heteroatoms. The lowest BCUT2D eigenvalue weighted by Gasteiger charge is -2.11. The van der Waals surface area contributed by atoms with Gasteiger partial charge in [-0.25, -0.2) is 4.79 Å². The van der Waals surface area contributed by atoms with Crippen LogP contribution in [-0.4, -0.2) is 41.7 Å². The highest BCUT2D eigenvalue weighted by Gasteiger charge is 2.19. The van der Waals surface area contributed by atoms with Gasteiger partial charge in [-0.05, 0) is 18.9 Å². The molecule has 0 aliphatic heterocycles. The maximum Gasteiger partial charge on any atom is 0.332 e. The molecule has 0 bridgehead atoms. The minimum Gasteiger partial charge on any atom is -0.391 e. The van der Waals surface area contributed by atoms with E-state index < -0.39 is 0 Å². The molecule has 0 aromatic carbocycles. The van der Waals surface area contributed by atoms with Crippen LogP contribution in [0.15, 0.2) is 9.59 Å². The van der Waals surface area contributed by atoms with E-state index in [1.807, 2.05) is 0 Å². The van der Waals surface area contributed by atoms with Gasteiger partial charge in [0.05, 0.1) is 25.1 Å². The van der Waals surface area contributed by atoms with Gasteiger partial charge in [-0.15, -0.1) is 11.3 Å². The van der Waals surface area contributed by atoms with Crippen LogP contribution in [0.3, 0.4) is 0 Å². The highest BCUT2D eigenvalue weighted by atomic mass is 32.1. The molecule has 2 aromatic heterocycles. The van der Waals surface area contributed by atoms with Crippen LogP contribution in [0.1, 0.15) is 16.9 Å². The van der Waals surface area contributed by atoms with E-state index in [9.17, 15) is 14.7 Å². The molecule has 0 spiro atoms. The molecular formula is C15H22N2O5S. The molecule has 0 unspecified atom stereocenters. The van der Waals surface area contributed by atoms with Gasteiger partial charge in [0.25, 0.3) is 5.56 Å². The van der Waals surface area contributed by atoms with Crippen molar-refractivity contribution in [3.8, 4) is 0 Å². The maximum absolute atomic E-state index is 12.7. The summed E-state index contributed by atoms with van der Waals surface area (Å²) in [5.41, 5.74) is 0.0915. The highest BCUT2D eigenvalue weighted by molar-refractivity contribution is 7.18. The van der Waals surface area contributed by atoms with Crippen LogP contribution >= 0.6 is 11.3 Å². The Morgan fingerprint density at radius 1 is 1.09 bits per heavy atom. The second-order valence-electron chi connectivity index (χ2n) is 5.22. The van der Waals surface area contributed by atoms with Gasteiger partial charge >= 0.3 is 5.69 Å². The fourth-order valence-corrected chi connectivity index (χ4v) is 3.71. The number of hydrogen-bond acceptors (Lipinski definition) is 6. The van der Waals surface area contributed by atoms with E-state index in [4.69, 9.17) is 9.47 Å². The third-order valence-corrected chi connectivity index (χ3v) is 5.09. The molecule has 0 saturated heterocycles. The lowest BCUT2D eigenvalue weighted by Crippen LogP contribution is -2.40. The van der Waals surface area contributed by atoms with Crippen molar-refractivity contribution in [1.29, 1.82) is 0 Å². The second kappa shape index (κ2) is 7.87. The summed E-state index contributed by atoms with van der Waals surface area (Å²) in [6, 6.07) is 0. The molecule has 0 aliphatic carbocycles. The topological polar surface area (TPSA) is 82.7 Å². The summed E-state index contributed by atoms with van der Waals surface area (Å²) in [5, 5.41) is 9.97. The number of aliphatic hydroxyl groups excluding tert-OH is 1. The molecule has 2 aromatic rings. The fraction of sp³-hybridized carbons (Fsp3) is 0.600. The molecule has 0 amide bonds. The lowest BCUT2D eigenvalue weighted by atomic mass is 10.2. The Kier molecular flexibility index (Phi) is 6.11. The Hall–Kier alpha value is -1.48. The monoisotopic (exact) mass is 342 g/mol. The zero-order chi connectivity index (χ0) is 17.0. The van der Waals surface area contributed by atoms with Crippen molar-refractivity contribution in [2.45, 2.75) is 33.0 Å². The van der Waals surface area contributed by atoms with Crippen LogP contribution in [0.4, 0.5) is 0 Å². The molecule has 23 heavy (non-hydrogen) atoms. The van der Waals surface area contributed by atoms with Crippen LogP contribution < -0.4 is 11.2 Å². The molecule has 128 valence electrons. The predicted octanol–water partition coefficient (Wildman–Crippen LogP) is 0.708. The van der Waals surface area contributed by atoms with E-state index in [2.05, 4.69) is 0 Å². The number of hydrogen-bond donors (Lipinski definition) is 1. The van der Waals surface area contributed by atoms with Gasteiger partial charge in [-0.3, -0.25) is 13.9 Å². The van der Waals surface area contributed by atoms with Crippen LogP contribution in [-0.2, 0) is 29.2 Å². The average Bonchev–Trinajstić information content (AvgIpc) is 2.87. The van der Waals surface area contributed by atoms with Crippen LogP contribution in [0.5, 0.6) is 0 Å². The Morgan fingerprint density at radius 2 is 1.78 bits per heavy atom. The van der Waals surface area contributed by atoms with Crippen molar-refractivity contribution in [1.82, 2.24) is 9.13 Å². The first kappa shape index (κ1) is 17.9. The molecule has 2 rings (SSSR count). The Balaban J connectivity index is 2.68. The van der Waals surface area contributed by atoms with Crippen LogP contribution in [0.2, 0.25) is 0 Å². The van der Waals surface area contributed by atoms with E-state index >= 15 is 0 Å². The Bertz CT molecular complexity index is 790. The number of aromatic nitrogens is 2. The summed E-state index contributed by atoms with van der Waals surface area (Å²) in [5.74, 6) is 0. The Labute approximate surface area is 137 Å². The van der Waals surface area contributed by atoms with Gasteiger partial charge in [0, 0.05) is 32.2 Å². The SMILES string of the molecule is COCCCn1c(=O)c2c(C)c(CO)sc2n(CCOC)c1=O. The fourth-order valence-electron chi connectivity index (χ4n) is 2.54. The molecule has 1 N–H and O–H groups in total. The third kappa shape index (κ3) is 3.40. The van der Waals surface area contributed by atoms with Gasteiger partial charge < -0.3 is 14.6 Å². The van der Waals surface area contributed by atoms with Crippen molar-refractivity contribution in [3.63, 3.8) is 0 Å². The summed E-state index contributed by atoms with van der Waals surface area (Å²) < 4.78 is 12.9. The molecule has 0 aliphatic rings. The van der Waals surface area contributed by atoms with Gasteiger partial charge in [0.1, 0.15) is 4.83 Å². The smallest absolute Gasteiger partial charge is 0.332 e. The van der Waals surface area contributed by atoms with Crippen molar-refractivity contribution in [2.24, 2.45) is 0 Å². The summed E-state index contributed by atoms with van der Waals surface area (Å²) >= 11 is 1.29. The van der Waals surface area contributed by atoms with E-state index in [-0.39, 0.29) is 17.9 Å². The number of aryl methyl sites for hydroxylation is 1. The van der Waals surface area contributed by atoms with Crippen molar-refractivity contribution >= 4 is 21.6 Å². The largest absolute Gasteiger partial charge is 0.391 e. The summed E-state index contributed by atoms with van der Waals surface area (Å²) in [6.07, 6.45) is 0.581. The van der Waals surface area contributed by atoms with Gasteiger partial charge in [0.2, 0.25) is 0 Å². The molecule has 0 fully saturated rings. The molecule has 0 atom stereocenters. The zero-order valence-electron chi connectivity index (χ0n) is 13.6. The van der Waals surface area contributed by atoms with Gasteiger partial charge in [0.15, 0.2) is 0 Å². The lowest BCUT2D eigenvalue weighted by molar-refractivity contribution is 0.184. The molecule has 0 radical (unpaired) electrons. The summed E-state index contributed by atoms with van der Waals surface area (Å²) in [4.78, 5) is 26.7.